The van der Waals surface area contributed by atoms with Crippen LogP contribution in [-0.4, -0.2) is 63.3 Å². The van der Waals surface area contributed by atoms with Crippen LogP contribution in [0, 0.1) is 0 Å². The van der Waals surface area contributed by atoms with Crippen molar-refractivity contribution >= 4 is 34.5 Å². The van der Waals surface area contributed by atoms with Crippen molar-refractivity contribution in [1.82, 2.24) is 25.2 Å². The summed E-state index contributed by atoms with van der Waals surface area (Å²) in [6.45, 7) is 2.54. The molecule has 0 radical (unpaired) electrons. The molecule has 1 aromatic heterocycles. The number of hydrazine groups is 1. The molecule has 0 bridgehead atoms. The van der Waals surface area contributed by atoms with E-state index in [9.17, 15) is 19.2 Å². The third kappa shape index (κ3) is 3.81. The van der Waals surface area contributed by atoms with Crippen LogP contribution in [-0.2, 0) is 11.3 Å². The molecule has 36 heavy (non-hydrogen) atoms. The van der Waals surface area contributed by atoms with Gasteiger partial charge in [-0.1, -0.05) is 24.3 Å². The molecule has 6 rings (SSSR count). The number of carbonyl (C=O) groups excluding carboxylic acids is 4. The molecule has 9 nitrogen and oxygen atoms in total. The first-order chi connectivity index (χ1) is 17.5. The van der Waals surface area contributed by atoms with Crippen LogP contribution in [0.25, 0.3) is 10.8 Å². The molecule has 3 aromatic rings. The van der Waals surface area contributed by atoms with Gasteiger partial charge in [-0.25, -0.2) is 9.80 Å². The molecule has 0 aliphatic carbocycles. The number of aromatic nitrogens is 1. The number of fused-ring (bicyclic) bond motifs is 2. The first-order valence-electron chi connectivity index (χ1n) is 12.2. The van der Waals surface area contributed by atoms with E-state index in [1.807, 2.05) is 18.5 Å². The van der Waals surface area contributed by atoms with Crippen molar-refractivity contribution in [2.45, 2.75) is 31.7 Å². The number of pyridine rings is 1. The molecule has 3 aliphatic heterocycles. The molecule has 182 valence electrons. The molecule has 0 unspecified atom stereocenters. The SMILES string of the molecule is O=C1CCN(N2C(=O)c3ccc(CN4CCC(c5cccc6cnccc56)CC4)cc3C2=O)C(=O)N1. The Balaban J connectivity index is 1.14. The van der Waals surface area contributed by atoms with Crippen LogP contribution in [0.3, 0.4) is 0 Å². The zero-order chi connectivity index (χ0) is 24.8. The van der Waals surface area contributed by atoms with E-state index in [0.717, 1.165) is 46.9 Å². The fourth-order valence-electron chi connectivity index (χ4n) is 5.50. The van der Waals surface area contributed by atoms with Crippen LogP contribution >= 0.6 is 0 Å². The van der Waals surface area contributed by atoms with E-state index < -0.39 is 23.8 Å². The van der Waals surface area contributed by atoms with Gasteiger partial charge < -0.3 is 0 Å². The third-order valence-electron chi connectivity index (χ3n) is 7.35. The van der Waals surface area contributed by atoms with E-state index in [-0.39, 0.29) is 18.5 Å². The number of hydrogen-bond acceptors (Lipinski definition) is 6. The number of amides is 5. The van der Waals surface area contributed by atoms with Gasteiger partial charge in [-0.3, -0.25) is 29.6 Å². The van der Waals surface area contributed by atoms with Gasteiger partial charge in [-0.2, -0.15) is 5.01 Å². The van der Waals surface area contributed by atoms with Gasteiger partial charge in [0.25, 0.3) is 11.8 Å². The maximum absolute atomic E-state index is 13.1. The Morgan fingerprint density at radius 3 is 2.53 bits per heavy atom. The highest BCUT2D eigenvalue weighted by Gasteiger charge is 2.43. The lowest BCUT2D eigenvalue weighted by Crippen LogP contribution is -2.58. The van der Waals surface area contributed by atoms with Crippen LogP contribution in [0.5, 0.6) is 0 Å². The molecule has 2 saturated heterocycles. The van der Waals surface area contributed by atoms with E-state index >= 15 is 0 Å². The number of urea groups is 1. The number of nitrogens with zero attached hydrogens (tertiary/aromatic N) is 4. The van der Waals surface area contributed by atoms with Gasteiger partial charge in [0.1, 0.15) is 0 Å². The van der Waals surface area contributed by atoms with Crippen LogP contribution in [0.1, 0.15) is 57.0 Å². The summed E-state index contributed by atoms with van der Waals surface area (Å²) >= 11 is 0. The zero-order valence-corrected chi connectivity index (χ0v) is 19.6. The van der Waals surface area contributed by atoms with Crippen molar-refractivity contribution < 1.29 is 19.2 Å². The van der Waals surface area contributed by atoms with Crippen LogP contribution < -0.4 is 5.32 Å². The normalized spacial score (nSPS) is 19.2. The Hall–Kier alpha value is -4.11. The number of piperidine rings is 1. The van der Waals surface area contributed by atoms with Crippen molar-refractivity contribution in [1.29, 1.82) is 0 Å². The van der Waals surface area contributed by atoms with Crippen LogP contribution in [0.2, 0.25) is 0 Å². The highest BCUT2D eigenvalue weighted by atomic mass is 16.2. The van der Waals surface area contributed by atoms with Crippen LogP contribution in [0.4, 0.5) is 4.79 Å². The second-order valence-corrected chi connectivity index (χ2v) is 9.52. The number of likely N-dealkylation sites (tertiary alicyclic amines) is 1. The number of carbonyl (C=O) groups is 4. The highest BCUT2D eigenvalue weighted by Crippen LogP contribution is 2.34. The summed E-state index contributed by atoms with van der Waals surface area (Å²) in [5, 5.41) is 6.45. The lowest BCUT2D eigenvalue weighted by atomic mass is 9.86. The summed E-state index contributed by atoms with van der Waals surface area (Å²) in [5.74, 6) is -1.01. The topological polar surface area (TPSA) is 103 Å². The Labute approximate surface area is 207 Å². The van der Waals surface area contributed by atoms with Gasteiger partial charge >= 0.3 is 6.03 Å². The number of imide groups is 2. The Kier molecular flexibility index (Phi) is 5.49. The third-order valence-corrected chi connectivity index (χ3v) is 7.35. The van der Waals surface area contributed by atoms with Gasteiger partial charge in [0.2, 0.25) is 5.91 Å². The molecule has 1 N–H and O–H groups in total. The molecule has 4 heterocycles. The maximum atomic E-state index is 13.1. The first kappa shape index (κ1) is 22.4. The summed E-state index contributed by atoms with van der Waals surface area (Å²) in [4.78, 5) is 56.2. The van der Waals surface area contributed by atoms with Crippen LogP contribution in [0.15, 0.2) is 54.9 Å². The molecule has 2 fully saturated rings. The van der Waals surface area contributed by atoms with Gasteiger partial charge in [0.05, 0.1) is 17.7 Å². The number of benzene rings is 2. The quantitative estimate of drug-likeness (QED) is 0.572. The second-order valence-electron chi connectivity index (χ2n) is 9.52. The Morgan fingerprint density at radius 1 is 0.917 bits per heavy atom. The Bertz CT molecular complexity index is 1410. The van der Waals surface area contributed by atoms with Crippen molar-refractivity contribution in [3.8, 4) is 0 Å². The smallest absolute Gasteiger partial charge is 0.299 e. The van der Waals surface area contributed by atoms with E-state index in [1.54, 1.807) is 12.1 Å². The number of hydrogen-bond donors (Lipinski definition) is 1. The lowest BCUT2D eigenvalue weighted by molar-refractivity contribution is -0.122. The standard InChI is InChI=1S/C27H25N5O4/c33-24-9-13-31(27(36)29-24)32-25(34)22-5-4-17(14-23(22)26(32)35)16-30-11-7-18(8-12-30)20-3-1-2-19-15-28-10-6-21(19)20/h1-6,10,14-15,18H,7-9,11-13,16H2,(H,29,33,36). The van der Waals surface area contributed by atoms with Gasteiger partial charge in [-0.05, 0) is 66.6 Å². The number of nitrogens with one attached hydrogen (secondary N) is 1. The molecule has 5 amide bonds. The maximum Gasteiger partial charge on any atom is 0.343 e. The summed E-state index contributed by atoms with van der Waals surface area (Å²) in [6.07, 6.45) is 5.88. The predicted octanol–water partition coefficient (Wildman–Crippen LogP) is 3.07. The largest absolute Gasteiger partial charge is 0.343 e. The van der Waals surface area contributed by atoms with Crippen molar-refractivity contribution in [2.75, 3.05) is 19.6 Å². The Morgan fingerprint density at radius 2 is 1.72 bits per heavy atom. The monoisotopic (exact) mass is 483 g/mol. The fraction of sp³-hybridized carbons (Fsp3) is 0.296. The molecule has 0 saturated carbocycles. The minimum Gasteiger partial charge on any atom is -0.299 e. The number of rotatable bonds is 4. The zero-order valence-electron chi connectivity index (χ0n) is 19.6. The van der Waals surface area contributed by atoms with Gasteiger partial charge in [0, 0.05) is 30.7 Å². The van der Waals surface area contributed by atoms with E-state index in [1.165, 1.54) is 10.9 Å². The molecule has 0 atom stereocenters. The highest BCUT2D eigenvalue weighted by molar-refractivity contribution is 6.22. The first-order valence-corrected chi connectivity index (χ1v) is 12.2. The average molecular weight is 484 g/mol. The molecule has 3 aliphatic rings. The molecule has 0 spiro atoms. The molecule has 2 aromatic carbocycles. The van der Waals surface area contributed by atoms with Crippen molar-refractivity contribution in [3.05, 3.63) is 77.1 Å². The summed E-state index contributed by atoms with van der Waals surface area (Å²) in [6, 6.07) is 13.0. The minimum atomic E-state index is -0.758. The van der Waals surface area contributed by atoms with Gasteiger partial charge in [-0.15, -0.1) is 0 Å². The minimum absolute atomic E-state index is 0.00878. The summed E-state index contributed by atoms with van der Waals surface area (Å²) in [7, 11) is 0. The van der Waals surface area contributed by atoms with E-state index in [2.05, 4.69) is 39.5 Å². The van der Waals surface area contributed by atoms with E-state index in [4.69, 9.17) is 0 Å². The molecular formula is C27H25N5O4. The summed E-state index contributed by atoms with van der Waals surface area (Å²) < 4.78 is 0. The second kappa shape index (κ2) is 8.83. The summed E-state index contributed by atoms with van der Waals surface area (Å²) in [5.41, 5.74) is 2.89. The van der Waals surface area contributed by atoms with E-state index in [0.29, 0.717) is 18.0 Å². The van der Waals surface area contributed by atoms with Gasteiger partial charge in [0.15, 0.2) is 0 Å². The fourth-order valence-corrected chi connectivity index (χ4v) is 5.50. The molecule has 9 heteroatoms. The lowest BCUT2D eigenvalue weighted by Gasteiger charge is -2.32. The average Bonchev–Trinajstić information content (AvgIpc) is 3.13. The predicted molar refractivity (Wildman–Crippen MR) is 131 cm³/mol. The molecular weight excluding hydrogens is 458 g/mol. The van der Waals surface area contributed by atoms with Crippen molar-refractivity contribution in [3.63, 3.8) is 0 Å². The van der Waals surface area contributed by atoms with Crippen molar-refractivity contribution in [2.24, 2.45) is 0 Å².